The summed E-state index contributed by atoms with van der Waals surface area (Å²) in [5, 5.41) is 0. The summed E-state index contributed by atoms with van der Waals surface area (Å²) in [6, 6.07) is 0. The number of nitrogens with zero attached hydrogens (tertiary/aromatic N) is 1. The molecular weight excluding hydrogens is 178 g/mol. The number of esters is 1. The molecule has 1 unspecified atom stereocenters. The van der Waals surface area contributed by atoms with Gasteiger partial charge in [-0.25, -0.2) is 4.79 Å². The molecule has 0 radical (unpaired) electrons. The van der Waals surface area contributed by atoms with Gasteiger partial charge in [0.05, 0.1) is 13.1 Å². The average molecular weight is 196 g/mol. The zero-order valence-electron chi connectivity index (χ0n) is 8.79. The van der Waals surface area contributed by atoms with Gasteiger partial charge in [0.1, 0.15) is 0 Å². The van der Waals surface area contributed by atoms with E-state index in [0.29, 0.717) is 5.57 Å². The van der Waals surface area contributed by atoms with Crippen LogP contribution in [0.25, 0.3) is 0 Å². The molecule has 2 heterocycles. The van der Waals surface area contributed by atoms with E-state index in [-0.39, 0.29) is 12.2 Å². The first kappa shape index (κ1) is 9.71. The predicted molar refractivity (Wildman–Crippen MR) is 53.4 cm³/mol. The molecule has 0 aliphatic carbocycles. The fourth-order valence-corrected chi connectivity index (χ4v) is 2.25. The Hall–Kier alpha value is -0.830. The Balaban J connectivity index is 1.85. The fraction of sp³-hybridized carbons (Fsp3) is 0.727. The van der Waals surface area contributed by atoms with Crippen LogP contribution >= 0.6 is 0 Å². The van der Waals surface area contributed by atoms with E-state index < -0.39 is 0 Å². The Morgan fingerprint density at radius 3 is 2.57 bits per heavy atom. The average Bonchev–Trinajstić information content (AvgIpc) is 2.79. The van der Waals surface area contributed by atoms with E-state index in [9.17, 15) is 4.79 Å². The third-order valence-corrected chi connectivity index (χ3v) is 3.30. The fourth-order valence-electron chi connectivity index (χ4n) is 2.25. The van der Waals surface area contributed by atoms with Crippen molar-refractivity contribution in [1.82, 2.24) is 0 Å². The Labute approximate surface area is 84.9 Å². The minimum Gasteiger partial charge on any atom is -0.403 e. The summed E-state index contributed by atoms with van der Waals surface area (Å²) >= 11 is 0. The Bertz CT molecular complexity index is 266. The standard InChI is InChI=1S/C11H18NO2/c1-9(2)11(13)14-10-8-12(10)6-4-3-5-7-12/h10H,1,3-8H2,2H3/q+1. The summed E-state index contributed by atoms with van der Waals surface area (Å²) in [6.45, 7) is 8.69. The highest BCUT2D eigenvalue weighted by Gasteiger charge is 2.58. The monoisotopic (exact) mass is 196 g/mol. The van der Waals surface area contributed by atoms with E-state index in [2.05, 4.69) is 6.58 Å². The highest BCUT2D eigenvalue weighted by atomic mass is 16.6. The molecule has 0 aromatic rings. The first-order chi connectivity index (χ1) is 6.64. The second kappa shape index (κ2) is 3.39. The second-order valence-corrected chi connectivity index (χ2v) is 4.55. The van der Waals surface area contributed by atoms with Gasteiger partial charge in [-0.3, -0.25) is 4.48 Å². The molecular formula is C11H18NO2+. The Morgan fingerprint density at radius 2 is 2.00 bits per heavy atom. The van der Waals surface area contributed by atoms with Gasteiger partial charge in [0.15, 0.2) is 6.54 Å². The SMILES string of the molecule is C=C(C)C(=O)OC1C[N+]12CCCCC2. The van der Waals surface area contributed by atoms with E-state index in [1.807, 2.05) is 0 Å². The van der Waals surface area contributed by atoms with Gasteiger partial charge in [-0.1, -0.05) is 6.58 Å². The maximum Gasteiger partial charge on any atom is 0.337 e. The van der Waals surface area contributed by atoms with Crippen LogP contribution in [-0.4, -0.2) is 36.3 Å². The number of quaternary nitrogens is 1. The molecule has 0 aromatic carbocycles. The summed E-state index contributed by atoms with van der Waals surface area (Å²) < 4.78 is 6.38. The van der Waals surface area contributed by atoms with Crippen LogP contribution in [0.15, 0.2) is 12.2 Å². The maximum absolute atomic E-state index is 11.3. The van der Waals surface area contributed by atoms with Gasteiger partial charge >= 0.3 is 5.97 Å². The summed E-state index contributed by atoms with van der Waals surface area (Å²) in [4.78, 5) is 11.3. The van der Waals surface area contributed by atoms with Crippen molar-refractivity contribution in [2.45, 2.75) is 32.4 Å². The van der Waals surface area contributed by atoms with Crippen molar-refractivity contribution < 1.29 is 14.0 Å². The van der Waals surface area contributed by atoms with Crippen LogP contribution in [0.3, 0.4) is 0 Å². The lowest BCUT2D eigenvalue weighted by atomic mass is 10.1. The number of hydrogen-bond donors (Lipinski definition) is 0. The molecule has 2 rings (SSSR count). The third kappa shape index (κ3) is 1.69. The van der Waals surface area contributed by atoms with Crippen LogP contribution in [0.4, 0.5) is 0 Å². The molecule has 2 aliphatic rings. The van der Waals surface area contributed by atoms with Gasteiger partial charge < -0.3 is 4.74 Å². The van der Waals surface area contributed by atoms with Crippen molar-refractivity contribution in [2.24, 2.45) is 0 Å². The molecule has 1 spiro atoms. The van der Waals surface area contributed by atoms with Crippen molar-refractivity contribution >= 4 is 5.97 Å². The summed E-state index contributed by atoms with van der Waals surface area (Å²) in [6.07, 6.45) is 4.03. The number of ether oxygens (including phenoxy) is 1. The van der Waals surface area contributed by atoms with Crippen LogP contribution in [-0.2, 0) is 9.53 Å². The quantitative estimate of drug-likeness (QED) is 0.289. The minimum atomic E-state index is -0.226. The molecule has 1 atom stereocenters. The number of carbonyl (C=O) groups is 1. The number of piperidine rings is 1. The first-order valence-corrected chi connectivity index (χ1v) is 5.36. The molecule has 0 aromatic heterocycles. The van der Waals surface area contributed by atoms with Gasteiger partial charge in [-0.15, -0.1) is 0 Å². The van der Waals surface area contributed by atoms with Crippen LogP contribution in [0.2, 0.25) is 0 Å². The molecule has 2 fully saturated rings. The highest BCUT2D eigenvalue weighted by Crippen LogP contribution is 2.36. The maximum atomic E-state index is 11.3. The molecule has 3 nitrogen and oxygen atoms in total. The van der Waals surface area contributed by atoms with Crippen molar-refractivity contribution in [1.29, 1.82) is 0 Å². The zero-order valence-corrected chi connectivity index (χ0v) is 8.79. The smallest absolute Gasteiger partial charge is 0.337 e. The van der Waals surface area contributed by atoms with Crippen LogP contribution in [0.5, 0.6) is 0 Å². The molecule has 2 saturated heterocycles. The molecule has 0 saturated carbocycles. The third-order valence-electron chi connectivity index (χ3n) is 3.30. The van der Waals surface area contributed by atoms with Crippen molar-refractivity contribution in [3.05, 3.63) is 12.2 Å². The molecule has 0 amide bonds. The van der Waals surface area contributed by atoms with Gasteiger partial charge in [0, 0.05) is 5.57 Å². The van der Waals surface area contributed by atoms with Crippen molar-refractivity contribution in [3.8, 4) is 0 Å². The summed E-state index contributed by atoms with van der Waals surface area (Å²) in [7, 11) is 0. The van der Waals surface area contributed by atoms with E-state index in [4.69, 9.17) is 4.74 Å². The number of rotatable bonds is 2. The van der Waals surface area contributed by atoms with Gasteiger partial charge in [0.2, 0.25) is 0 Å². The van der Waals surface area contributed by atoms with Gasteiger partial charge in [0.25, 0.3) is 6.23 Å². The highest BCUT2D eigenvalue weighted by molar-refractivity contribution is 5.87. The van der Waals surface area contributed by atoms with E-state index in [0.717, 1.165) is 11.0 Å². The molecule has 14 heavy (non-hydrogen) atoms. The van der Waals surface area contributed by atoms with Crippen LogP contribution in [0, 0.1) is 0 Å². The summed E-state index contributed by atoms with van der Waals surface area (Å²) in [5.41, 5.74) is 0.507. The lowest BCUT2D eigenvalue weighted by Crippen LogP contribution is -2.36. The largest absolute Gasteiger partial charge is 0.403 e. The molecule has 78 valence electrons. The molecule has 0 bridgehead atoms. The molecule has 3 heteroatoms. The lowest BCUT2D eigenvalue weighted by Gasteiger charge is -2.23. The van der Waals surface area contributed by atoms with Crippen molar-refractivity contribution in [2.75, 3.05) is 19.6 Å². The summed E-state index contributed by atoms with van der Waals surface area (Å²) in [5.74, 6) is -0.226. The molecule has 2 aliphatic heterocycles. The first-order valence-electron chi connectivity index (χ1n) is 5.36. The van der Waals surface area contributed by atoms with E-state index in [1.165, 1.54) is 32.4 Å². The second-order valence-electron chi connectivity index (χ2n) is 4.55. The number of hydrogen-bond acceptors (Lipinski definition) is 2. The van der Waals surface area contributed by atoms with E-state index >= 15 is 0 Å². The zero-order chi connectivity index (χ0) is 10.2. The van der Waals surface area contributed by atoms with Crippen LogP contribution in [0.1, 0.15) is 26.2 Å². The van der Waals surface area contributed by atoms with Crippen LogP contribution < -0.4 is 0 Å². The predicted octanol–water partition coefficient (Wildman–Crippen LogP) is 1.45. The topological polar surface area (TPSA) is 26.3 Å². The Morgan fingerprint density at radius 1 is 1.36 bits per heavy atom. The van der Waals surface area contributed by atoms with E-state index in [1.54, 1.807) is 6.92 Å². The van der Waals surface area contributed by atoms with Gasteiger partial charge in [-0.2, -0.15) is 0 Å². The van der Waals surface area contributed by atoms with Gasteiger partial charge in [-0.05, 0) is 26.2 Å². The number of carbonyl (C=O) groups excluding carboxylic acids is 1. The van der Waals surface area contributed by atoms with Crippen molar-refractivity contribution in [3.63, 3.8) is 0 Å². The normalized spacial score (nSPS) is 28.5. The minimum absolute atomic E-state index is 0.138. The Kier molecular flexibility index (Phi) is 2.35. The lowest BCUT2D eigenvalue weighted by molar-refractivity contribution is -0.831. The molecule has 0 N–H and O–H groups in total.